The number of allylic oxidation sites excluding steroid dienone is 4. The molecule has 0 saturated heterocycles. The first-order valence-corrected chi connectivity index (χ1v) is 21.7. The zero-order valence-electron chi connectivity index (χ0n) is 33.2. The Labute approximate surface area is 358 Å². The molecule has 0 spiro atoms. The second-order valence-corrected chi connectivity index (χ2v) is 16.8. The Morgan fingerprint density at radius 1 is 0.475 bits per heavy atom. The van der Waals surface area contributed by atoms with E-state index in [2.05, 4.69) is 216 Å². The van der Waals surface area contributed by atoms with Crippen LogP contribution in [0.4, 0.5) is 17.1 Å². The number of benzene rings is 8. The van der Waals surface area contributed by atoms with Crippen molar-refractivity contribution in [3.8, 4) is 39.3 Å². The zero-order valence-corrected chi connectivity index (χ0v) is 34.0. The van der Waals surface area contributed by atoms with E-state index in [-0.39, 0.29) is 5.92 Å². The number of anilines is 3. The first-order valence-electron chi connectivity index (χ1n) is 20.8. The summed E-state index contributed by atoms with van der Waals surface area (Å²) in [7, 11) is 0. The number of nitrogens with zero attached hydrogens (tertiary/aromatic N) is 4. The van der Waals surface area contributed by atoms with E-state index in [0.29, 0.717) is 0 Å². The summed E-state index contributed by atoms with van der Waals surface area (Å²) in [5, 5.41) is 4.95. The minimum absolute atomic E-state index is 0.128. The Morgan fingerprint density at radius 3 is 2.05 bits per heavy atom. The summed E-state index contributed by atoms with van der Waals surface area (Å²) in [4.78, 5) is 15.2. The van der Waals surface area contributed by atoms with Gasteiger partial charge in [-0.25, -0.2) is 9.97 Å². The molecule has 61 heavy (non-hydrogen) atoms. The molecule has 10 aromatic rings. The maximum absolute atomic E-state index is 5.24. The lowest BCUT2D eigenvalue weighted by atomic mass is 9.99. The summed E-state index contributed by atoms with van der Waals surface area (Å²) in [5.41, 5.74) is 13.4. The molecule has 0 N–H and O–H groups in total. The van der Waals surface area contributed by atoms with Gasteiger partial charge in [0.25, 0.3) is 0 Å². The van der Waals surface area contributed by atoms with Crippen molar-refractivity contribution >= 4 is 61.4 Å². The second kappa shape index (κ2) is 14.7. The molecule has 1 atom stereocenters. The lowest BCUT2D eigenvalue weighted by Crippen LogP contribution is -2.14. The van der Waals surface area contributed by atoms with Crippen LogP contribution in [0.2, 0.25) is 0 Å². The molecule has 1 aliphatic carbocycles. The molecule has 0 fully saturated rings. The van der Waals surface area contributed by atoms with Crippen LogP contribution < -0.4 is 4.90 Å². The van der Waals surface area contributed by atoms with Crippen molar-refractivity contribution in [2.45, 2.75) is 22.1 Å². The fraction of sp³-hybridized carbons (Fsp3) is 0.0357. The number of hydrogen-bond donors (Lipinski definition) is 0. The number of fused-ring (bicyclic) bond motifs is 7. The van der Waals surface area contributed by atoms with E-state index in [9.17, 15) is 0 Å². The van der Waals surface area contributed by atoms with E-state index in [0.717, 1.165) is 51.7 Å². The molecular weight excluding hydrogens is 761 g/mol. The molecule has 4 nitrogen and oxygen atoms in total. The van der Waals surface area contributed by atoms with Gasteiger partial charge in [0.15, 0.2) is 0 Å². The molecule has 0 bridgehead atoms. The van der Waals surface area contributed by atoms with Crippen molar-refractivity contribution in [2.24, 2.45) is 0 Å². The van der Waals surface area contributed by atoms with Crippen LogP contribution in [-0.2, 0) is 0 Å². The average Bonchev–Trinajstić information content (AvgIpc) is 3.68. The van der Waals surface area contributed by atoms with Gasteiger partial charge < -0.3 is 9.47 Å². The number of rotatable bonds is 6. The molecule has 8 aromatic carbocycles. The Morgan fingerprint density at radius 2 is 1.18 bits per heavy atom. The molecule has 0 radical (unpaired) electrons. The van der Waals surface area contributed by atoms with Crippen LogP contribution in [0.5, 0.6) is 0 Å². The molecule has 0 amide bonds. The molecule has 3 heterocycles. The van der Waals surface area contributed by atoms with Gasteiger partial charge in [-0.1, -0.05) is 151 Å². The van der Waals surface area contributed by atoms with Crippen LogP contribution in [0.25, 0.3) is 71.9 Å². The Hall–Kier alpha value is -7.47. The fourth-order valence-corrected chi connectivity index (χ4v) is 10.3. The van der Waals surface area contributed by atoms with Crippen LogP contribution in [0.1, 0.15) is 18.2 Å². The summed E-state index contributed by atoms with van der Waals surface area (Å²) < 4.78 is 2.43. The van der Waals surface area contributed by atoms with Crippen LogP contribution in [-0.4, -0.2) is 14.5 Å². The average molecular weight is 799 g/mol. The van der Waals surface area contributed by atoms with Crippen molar-refractivity contribution in [2.75, 3.05) is 4.90 Å². The standard InChI is InChI=1S/C56H38N4S/c1-4-16-38(17-5-1)47-36-48(58-56(57-47)39-18-6-2-7-19-39)42-20-14-23-44(33-42)60-49-30-28-40(34-46(49)55-45-24-11-10-15-37(45)27-32-52(55)60)41-29-31-51-54(35-41)61-53-26-13-12-25-50(53)59(51)43-21-8-3-9-22-43/h1-18,20-36,39H,19H2. The quantitative estimate of drug-likeness (QED) is 0.168. The number of hydrogen-bond acceptors (Lipinski definition) is 4. The third kappa shape index (κ3) is 6.16. The summed E-state index contributed by atoms with van der Waals surface area (Å²) in [6.45, 7) is 0. The number of aromatic nitrogens is 3. The minimum Gasteiger partial charge on any atom is -0.309 e. The van der Waals surface area contributed by atoms with Crippen LogP contribution in [0.15, 0.2) is 222 Å². The Kier molecular flexibility index (Phi) is 8.53. The van der Waals surface area contributed by atoms with E-state index < -0.39 is 0 Å². The number of para-hydroxylation sites is 2. The van der Waals surface area contributed by atoms with E-state index in [1.165, 1.54) is 59.4 Å². The molecule has 1 aliphatic heterocycles. The summed E-state index contributed by atoms with van der Waals surface area (Å²) >= 11 is 1.85. The van der Waals surface area contributed by atoms with E-state index in [1.807, 2.05) is 17.8 Å². The normalized spacial score (nSPS) is 14.4. The fourth-order valence-electron chi connectivity index (χ4n) is 9.15. The smallest absolute Gasteiger partial charge is 0.136 e. The molecule has 288 valence electrons. The van der Waals surface area contributed by atoms with Crippen molar-refractivity contribution in [3.05, 3.63) is 218 Å². The maximum atomic E-state index is 5.24. The molecule has 0 saturated carbocycles. The highest BCUT2D eigenvalue weighted by Gasteiger charge is 2.25. The summed E-state index contributed by atoms with van der Waals surface area (Å²) in [6, 6.07) is 68.0. The predicted octanol–water partition coefficient (Wildman–Crippen LogP) is 15.3. The SMILES string of the molecule is C1=CCC(c2nc(-c3ccccc3)cc(-c3cccc(-n4c5ccc(-c6ccc7c(c6)Sc6ccccc6N7c6ccccc6)cc5c5c6ccccc6ccc54)c3)n2)C=C1. The highest BCUT2D eigenvalue weighted by molar-refractivity contribution is 7.99. The minimum atomic E-state index is 0.128. The highest BCUT2D eigenvalue weighted by atomic mass is 32.2. The van der Waals surface area contributed by atoms with Crippen LogP contribution in [0.3, 0.4) is 0 Å². The van der Waals surface area contributed by atoms with Gasteiger partial charge in [-0.3, -0.25) is 0 Å². The predicted molar refractivity (Wildman–Crippen MR) is 255 cm³/mol. The molecule has 12 rings (SSSR count). The van der Waals surface area contributed by atoms with E-state index in [1.54, 1.807) is 0 Å². The molecule has 2 aliphatic rings. The second-order valence-electron chi connectivity index (χ2n) is 15.7. The third-order valence-corrected chi connectivity index (χ3v) is 13.2. The molecule has 1 unspecified atom stereocenters. The van der Waals surface area contributed by atoms with Gasteiger partial charge in [0, 0.05) is 49.0 Å². The maximum Gasteiger partial charge on any atom is 0.136 e. The first kappa shape index (κ1) is 35.5. The van der Waals surface area contributed by atoms with Crippen LogP contribution in [0, 0.1) is 0 Å². The summed E-state index contributed by atoms with van der Waals surface area (Å²) in [6.07, 6.45) is 9.50. The zero-order chi connectivity index (χ0) is 40.3. The van der Waals surface area contributed by atoms with Crippen molar-refractivity contribution < 1.29 is 0 Å². The van der Waals surface area contributed by atoms with E-state index >= 15 is 0 Å². The lowest BCUT2D eigenvalue weighted by Gasteiger charge is -2.33. The van der Waals surface area contributed by atoms with Gasteiger partial charge in [-0.15, -0.1) is 0 Å². The Balaban J connectivity index is 1.01. The molecular formula is C56H38N4S. The highest BCUT2D eigenvalue weighted by Crippen LogP contribution is 2.52. The molecule has 2 aromatic heterocycles. The van der Waals surface area contributed by atoms with Gasteiger partial charge in [-0.2, -0.15) is 0 Å². The van der Waals surface area contributed by atoms with Gasteiger partial charge in [-0.05, 0) is 101 Å². The molecule has 5 heteroatoms. The lowest BCUT2D eigenvalue weighted by molar-refractivity contribution is 0.775. The largest absolute Gasteiger partial charge is 0.309 e. The summed E-state index contributed by atoms with van der Waals surface area (Å²) in [5.74, 6) is 0.971. The van der Waals surface area contributed by atoms with Crippen molar-refractivity contribution in [3.63, 3.8) is 0 Å². The topological polar surface area (TPSA) is 34.0 Å². The van der Waals surface area contributed by atoms with Gasteiger partial charge >= 0.3 is 0 Å². The van der Waals surface area contributed by atoms with E-state index in [4.69, 9.17) is 9.97 Å². The van der Waals surface area contributed by atoms with Crippen molar-refractivity contribution in [1.82, 2.24) is 14.5 Å². The van der Waals surface area contributed by atoms with Gasteiger partial charge in [0.1, 0.15) is 5.82 Å². The van der Waals surface area contributed by atoms with Gasteiger partial charge in [0.2, 0.25) is 0 Å². The Bertz CT molecular complexity index is 3380. The third-order valence-electron chi connectivity index (χ3n) is 12.1. The first-order chi connectivity index (χ1) is 30.2. The van der Waals surface area contributed by atoms with Crippen LogP contribution >= 0.6 is 11.8 Å². The van der Waals surface area contributed by atoms with Gasteiger partial charge in [0.05, 0.1) is 33.8 Å². The van der Waals surface area contributed by atoms with Crippen molar-refractivity contribution in [1.29, 1.82) is 0 Å². The monoisotopic (exact) mass is 798 g/mol.